The van der Waals surface area contributed by atoms with Gasteiger partial charge in [0.05, 0.1) is 18.8 Å². The summed E-state index contributed by atoms with van der Waals surface area (Å²) in [5.41, 5.74) is -0.498. The van der Waals surface area contributed by atoms with Gasteiger partial charge in [0.25, 0.3) is 11.8 Å². The van der Waals surface area contributed by atoms with Crippen LogP contribution in [0.15, 0.2) is 42.5 Å². The van der Waals surface area contributed by atoms with E-state index in [4.69, 9.17) is 4.74 Å². The molecule has 27 heavy (non-hydrogen) atoms. The molecule has 2 amide bonds. The Hall–Kier alpha value is -2.94. The zero-order chi connectivity index (χ0) is 19.4. The van der Waals surface area contributed by atoms with Crippen LogP contribution in [0.4, 0.5) is 18.9 Å². The summed E-state index contributed by atoms with van der Waals surface area (Å²) in [5, 5.41) is 2.47. The molecule has 2 aromatic rings. The summed E-state index contributed by atoms with van der Waals surface area (Å²) in [4.78, 5) is 30.4. The van der Waals surface area contributed by atoms with Gasteiger partial charge >= 0.3 is 6.18 Å². The molecule has 1 aliphatic rings. The van der Waals surface area contributed by atoms with Crippen molar-refractivity contribution in [3.05, 3.63) is 59.4 Å². The number of benzene rings is 1. The Kier molecular flexibility index (Phi) is 5.41. The zero-order valence-corrected chi connectivity index (χ0v) is 14.1. The highest BCUT2D eigenvalue weighted by Crippen LogP contribution is 2.29. The minimum Gasteiger partial charge on any atom is -0.378 e. The Balaban J connectivity index is 1.70. The molecule has 1 aliphatic heterocycles. The largest absolute Gasteiger partial charge is 0.416 e. The summed E-state index contributed by atoms with van der Waals surface area (Å²) in [6.07, 6.45) is -4.45. The number of anilines is 1. The number of carbonyl (C=O) groups is 2. The third kappa shape index (κ3) is 4.62. The number of hydrogen-bond donors (Lipinski definition) is 1. The van der Waals surface area contributed by atoms with Crippen LogP contribution in [0.2, 0.25) is 0 Å². The van der Waals surface area contributed by atoms with Gasteiger partial charge in [0.1, 0.15) is 11.4 Å². The Bertz CT molecular complexity index is 832. The van der Waals surface area contributed by atoms with E-state index in [0.29, 0.717) is 26.3 Å². The van der Waals surface area contributed by atoms with E-state index in [9.17, 15) is 22.8 Å². The smallest absolute Gasteiger partial charge is 0.378 e. The number of alkyl halides is 3. The minimum absolute atomic E-state index is 0.00555. The summed E-state index contributed by atoms with van der Waals surface area (Å²) in [7, 11) is 0. The van der Waals surface area contributed by atoms with Gasteiger partial charge in [-0.15, -0.1) is 0 Å². The molecule has 6 nitrogen and oxygen atoms in total. The molecule has 9 heteroatoms. The number of rotatable bonds is 3. The van der Waals surface area contributed by atoms with Gasteiger partial charge < -0.3 is 15.0 Å². The fourth-order valence-electron chi connectivity index (χ4n) is 2.55. The average molecular weight is 379 g/mol. The van der Waals surface area contributed by atoms with E-state index < -0.39 is 17.6 Å². The van der Waals surface area contributed by atoms with E-state index in [-0.39, 0.29) is 23.0 Å². The summed E-state index contributed by atoms with van der Waals surface area (Å²) < 4.78 is 42.9. The molecule has 1 aromatic carbocycles. The van der Waals surface area contributed by atoms with Gasteiger partial charge in [-0.25, -0.2) is 4.98 Å². The number of nitrogens with one attached hydrogen (secondary N) is 1. The molecule has 142 valence electrons. The van der Waals surface area contributed by atoms with Crippen molar-refractivity contribution in [2.24, 2.45) is 0 Å². The molecule has 0 atom stereocenters. The standard InChI is InChI=1S/C18H16F3N3O3/c19-18(20,21)12-4-6-13(7-5-12)22-16(25)14-2-1-3-15(23-14)17(26)24-8-10-27-11-9-24/h1-7H,8-11H2,(H,22,25). The molecule has 0 spiro atoms. The number of amides is 2. The number of halogens is 3. The van der Waals surface area contributed by atoms with Crippen molar-refractivity contribution in [2.45, 2.75) is 6.18 Å². The molecule has 2 heterocycles. The molecule has 1 saturated heterocycles. The van der Waals surface area contributed by atoms with Crippen LogP contribution in [0.25, 0.3) is 0 Å². The Morgan fingerprint density at radius 3 is 2.26 bits per heavy atom. The number of ether oxygens (including phenoxy) is 1. The molecule has 0 bridgehead atoms. The number of nitrogens with zero attached hydrogens (tertiary/aromatic N) is 2. The Morgan fingerprint density at radius 2 is 1.63 bits per heavy atom. The van der Waals surface area contributed by atoms with E-state index in [1.807, 2.05) is 0 Å². The van der Waals surface area contributed by atoms with Crippen molar-refractivity contribution >= 4 is 17.5 Å². The molecule has 1 fully saturated rings. The van der Waals surface area contributed by atoms with Crippen LogP contribution in [-0.2, 0) is 10.9 Å². The zero-order valence-electron chi connectivity index (χ0n) is 14.1. The highest BCUT2D eigenvalue weighted by atomic mass is 19.4. The summed E-state index contributed by atoms with van der Waals surface area (Å²) in [6, 6.07) is 8.53. The van der Waals surface area contributed by atoms with Crippen LogP contribution < -0.4 is 5.32 Å². The van der Waals surface area contributed by atoms with Crippen molar-refractivity contribution in [2.75, 3.05) is 31.6 Å². The van der Waals surface area contributed by atoms with E-state index in [1.165, 1.54) is 18.2 Å². The van der Waals surface area contributed by atoms with Gasteiger partial charge in [-0.3, -0.25) is 9.59 Å². The number of pyridine rings is 1. The quantitative estimate of drug-likeness (QED) is 0.890. The first-order chi connectivity index (χ1) is 12.8. The fraction of sp³-hybridized carbons (Fsp3) is 0.278. The van der Waals surface area contributed by atoms with E-state index >= 15 is 0 Å². The predicted octanol–water partition coefficient (Wildman–Crippen LogP) is 2.83. The first-order valence-corrected chi connectivity index (χ1v) is 8.17. The van der Waals surface area contributed by atoms with Crippen LogP contribution in [0.1, 0.15) is 26.5 Å². The van der Waals surface area contributed by atoms with Crippen molar-refractivity contribution in [3.8, 4) is 0 Å². The molecule has 3 rings (SSSR count). The first kappa shape index (κ1) is 18.8. The molecular formula is C18H16F3N3O3. The maximum atomic E-state index is 12.6. The van der Waals surface area contributed by atoms with E-state index in [0.717, 1.165) is 24.3 Å². The molecule has 0 aliphatic carbocycles. The van der Waals surface area contributed by atoms with Crippen molar-refractivity contribution in [1.29, 1.82) is 0 Å². The average Bonchev–Trinajstić information content (AvgIpc) is 2.68. The lowest BCUT2D eigenvalue weighted by atomic mass is 10.2. The monoisotopic (exact) mass is 379 g/mol. The SMILES string of the molecule is O=C(Nc1ccc(C(F)(F)F)cc1)c1cccc(C(=O)N2CCOCC2)n1. The van der Waals surface area contributed by atoms with Crippen LogP contribution in [-0.4, -0.2) is 48.0 Å². The molecule has 1 N–H and O–H groups in total. The van der Waals surface area contributed by atoms with E-state index in [2.05, 4.69) is 10.3 Å². The topological polar surface area (TPSA) is 71.5 Å². The number of hydrogen-bond acceptors (Lipinski definition) is 4. The number of carbonyl (C=O) groups excluding carboxylic acids is 2. The second kappa shape index (κ2) is 7.75. The van der Waals surface area contributed by atoms with Gasteiger partial charge in [-0.2, -0.15) is 13.2 Å². The lowest BCUT2D eigenvalue weighted by Crippen LogP contribution is -2.41. The van der Waals surface area contributed by atoms with Gasteiger partial charge in [0.2, 0.25) is 0 Å². The Labute approximate surface area is 152 Å². The number of morpholine rings is 1. The van der Waals surface area contributed by atoms with Gasteiger partial charge in [0.15, 0.2) is 0 Å². The molecule has 0 saturated carbocycles. The molecule has 0 radical (unpaired) electrons. The third-order valence-electron chi connectivity index (χ3n) is 3.97. The minimum atomic E-state index is -4.45. The summed E-state index contributed by atoms with van der Waals surface area (Å²) >= 11 is 0. The van der Waals surface area contributed by atoms with Crippen molar-refractivity contribution in [3.63, 3.8) is 0 Å². The molecule has 1 aromatic heterocycles. The lowest BCUT2D eigenvalue weighted by molar-refractivity contribution is -0.137. The maximum Gasteiger partial charge on any atom is 0.416 e. The lowest BCUT2D eigenvalue weighted by Gasteiger charge is -2.26. The summed E-state index contributed by atoms with van der Waals surface area (Å²) in [6.45, 7) is 1.78. The van der Waals surface area contributed by atoms with Crippen molar-refractivity contribution < 1.29 is 27.5 Å². The van der Waals surface area contributed by atoms with Gasteiger partial charge in [0, 0.05) is 18.8 Å². The normalized spacial score (nSPS) is 14.7. The summed E-state index contributed by atoms with van der Waals surface area (Å²) in [5.74, 6) is -0.922. The molecule has 0 unspecified atom stereocenters. The Morgan fingerprint density at radius 1 is 1.00 bits per heavy atom. The highest BCUT2D eigenvalue weighted by molar-refractivity contribution is 6.03. The predicted molar refractivity (Wildman–Crippen MR) is 90.4 cm³/mol. The van der Waals surface area contributed by atoms with Gasteiger partial charge in [-0.05, 0) is 36.4 Å². The van der Waals surface area contributed by atoms with Crippen LogP contribution in [0.3, 0.4) is 0 Å². The maximum absolute atomic E-state index is 12.6. The molecular weight excluding hydrogens is 363 g/mol. The van der Waals surface area contributed by atoms with Crippen molar-refractivity contribution in [1.82, 2.24) is 9.88 Å². The number of aromatic nitrogens is 1. The van der Waals surface area contributed by atoms with Crippen LogP contribution >= 0.6 is 0 Å². The third-order valence-corrected chi connectivity index (χ3v) is 3.97. The fourth-order valence-corrected chi connectivity index (χ4v) is 2.55. The van der Waals surface area contributed by atoms with Gasteiger partial charge in [-0.1, -0.05) is 6.07 Å². The van der Waals surface area contributed by atoms with E-state index in [1.54, 1.807) is 4.90 Å². The second-order valence-electron chi connectivity index (χ2n) is 5.84. The highest BCUT2D eigenvalue weighted by Gasteiger charge is 2.30. The second-order valence-corrected chi connectivity index (χ2v) is 5.84. The van der Waals surface area contributed by atoms with Crippen LogP contribution in [0.5, 0.6) is 0 Å². The van der Waals surface area contributed by atoms with Crippen LogP contribution in [0, 0.1) is 0 Å². The first-order valence-electron chi connectivity index (χ1n) is 8.17.